The second-order valence-electron chi connectivity index (χ2n) is 5.32. The summed E-state index contributed by atoms with van der Waals surface area (Å²) >= 11 is 3.44. The SMILES string of the molecule is Brc1ccc(COCCCCCCNC2CC2)cc1. The summed E-state index contributed by atoms with van der Waals surface area (Å²) in [5.74, 6) is 0. The van der Waals surface area contributed by atoms with Gasteiger partial charge in [-0.3, -0.25) is 0 Å². The fourth-order valence-corrected chi connectivity index (χ4v) is 2.31. The van der Waals surface area contributed by atoms with Gasteiger partial charge in [0.05, 0.1) is 6.61 Å². The molecule has 3 heteroatoms. The summed E-state index contributed by atoms with van der Waals surface area (Å²) < 4.78 is 6.80. The summed E-state index contributed by atoms with van der Waals surface area (Å²) in [7, 11) is 0. The van der Waals surface area contributed by atoms with Crippen molar-refractivity contribution in [1.82, 2.24) is 5.32 Å². The fraction of sp³-hybridized carbons (Fsp3) is 0.625. The number of ether oxygens (including phenoxy) is 1. The van der Waals surface area contributed by atoms with E-state index in [0.29, 0.717) is 0 Å². The average molecular weight is 326 g/mol. The van der Waals surface area contributed by atoms with Crippen LogP contribution in [0, 0.1) is 0 Å². The molecule has 2 nitrogen and oxygen atoms in total. The largest absolute Gasteiger partial charge is 0.377 e. The molecule has 1 N–H and O–H groups in total. The van der Waals surface area contributed by atoms with E-state index in [9.17, 15) is 0 Å². The lowest BCUT2D eigenvalue weighted by Gasteiger charge is -2.05. The van der Waals surface area contributed by atoms with Crippen molar-refractivity contribution in [2.75, 3.05) is 13.2 Å². The van der Waals surface area contributed by atoms with Crippen molar-refractivity contribution in [3.63, 3.8) is 0 Å². The molecule has 0 unspecified atom stereocenters. The number of unbranched alkanes of at least 4 members (excludes halogenated alkanes) is 3. The standard InChI is InChI=1S/C16H24BrNO/c17-15-7-5-14(6-8-15)13-19-12-4-2-1-3-11-18-16-9-10-16/h5-8,16,18H,1-4,9-13H2. The van der Waals surface area contributed by atoms with Crippen molar-refractivity contribution in [3.8, 4) is 0 Å². The van der Waals surface area contributed by atoms with Crippen LogP contribution >= 0.6 is 15.9 Å². The lowest BCUT2D eigenvalue weighted by atomic mass is 10.2. The lowest BCUT2D eigenvalue weighted by Crippen LogP contribution is -2.17. The summed E-state index contributed by atoms with van der Waals surface area (Å²) in [5.41, 5.74) is 1.25. The minimum absolute atomic E-state index is 0.733. The van der Waals surface area contributed by atoms with Crippen LogP contribution in [0.25, 0.3) is 0 Å². The van der Waals surface area contributed by atoms with Crippen LogP contribution in [0.4, 0.5) is 0 Å². The number of benzene rings is 1. The Bertz CT molecular complexity index is 348. The molecule has 0 spiro atoms. The Morgan fingerprint density at radius 1 is 1.05 bits per heavy atom. The molecule has 0 aromatic heterocycles. The molecule has 1 saturated carbocycles. The molecule has 0 aliphatic heterocycles. The van der Waals surface area contributed by atoms with Gasteiger partial charge < -0.3 is 10.1 Å². The van der Waals surface area contributed by atoms with Crippen molar-refractivity contribution in [2.45, 2.75) is 51.2 Å². The zero-order valence-corrected chi connectivity index (χ0v) is 13.1. The van der Waals surface area contributed by atoms with Gasteiger partial charge in [-0.2, -0.15) is 0 Å². The Kier molecular flexibility index (Phi) is 6.90. The van der Waals surface area contributed by atoms with E-state index in [1.165, 1.54) is 50.6 Å². The Hall–Kier alpha value is -0.380. The number of halogens is 1. The molecule has 0 saturated heterocycles. The molecular formula is C16H24BrNO. The highest BCUT2D eigenvalue weighted by molar-refractivity contribution is 9.10. The van der Waals surface area contributed by atoms with Gasteiger partial charge in [0.15, 0.2) is 0 Å². The van der Waals surface area contributed by atoms with Crippen molar-refractivity contribution in [2.24, 2.45) is 0 Å². The van der Waals surface area contributed by atoms with Crippen molar-refractivity contribution in [3.05, 3.63) is 34.3 Å². The van der Waals surface area contributed by atoms with E-state index in [1.807, 2.05) is 0 Å². The number of rotatable bonds is 10. The maximum atomic E-state index is 5.68. The molecule has 1 aliphatic rings. The zero-order chi connectivity index (χ0) is 13.3. The van der Waals surface area contributed by atoms with Crippen LogP contribution in [0.2, 0.25) is 0 Å². The third kappa shape index (κ3) is 7.09. The van der Waals surface area contributed by atoms with E-state index in [4.69, 9.17) is 4.74 Å². The Labute approximate surface area is 125 Å². The van der Waals surface area contributed by atoms with E-state index >= 15 is 0 Å². The third-order valence-electron chi connectivity index (χ3n) is 3.41. The molecule has 0 amide bonds. The van der Waals surface area contributed by atoms with Gasteiger partial charge in [0.2, 0.25) is 0 Å². The molecule has 2 rings (SSSR count). The Morgan fingerprint density at radius 3 is 2.53 bits per heavy atom. The topological polar surface area (TPSA) is 21.3 Å². The van der Waals surface area contributed by atoms with Crippen LogP contribution in [0.3, 0.4) is 0 Å². The van der Waals surface area contributed by atoms with E-state index in [2.05, 4.69) is 45.5 Å². The van der Waals surface area contributed by atoms with Gasteiger partial charge in [-0.15, -0.1) is 0 Å². The van der Waals surface area contributed by atoms with Gasteiger partial charge in [-0.05, 0) is 49.9 Å². The second-order valence-corrected chi connectivity index (χ2v) is 6.24. The van der Waals surface area contributed by atoms with Crippen LogP contribution in [-0.4, -0.2) is 19.2 Å². The smallest absolute Gasteiger partial charge is 0.0716 e. The Morgan fingerprint density at radius 2 is 1.79 bits per heavy atom. The van der Waals surface area contributed by atoms with Gasteiger partial charge in [-0.25, -0.2) is 0 Å². The van der Waals surface area contributed by atoms with Crippen LogP contribution in [0.15, 0.2) is 28.7 Å². The highest BCUT2D eigenvalue weighted by Crippen LogP contribution is 2.18. The molecule has 0 bridgehead atoms. The average Bonchev–Trinajstić information content (AvgIpc) is 3.23. The van der Waals surface area contributed by atoms with Crippen molar-refractivity contribution < 1.29 is 4.74 Å². The van der Waals surface area contributed by atoms with Crippen LogP contribution in [0.5, 0.6) is 0 Å². The van der Waals surface area contributed by atoms with Gasteiger partial charge in [0.25, 0.3) is 0 Å². The molecule has 1 aromatic rings. The van der Waals surface area contributed by atoms with E-state index in [-0.39, 0.29) is 0 Å². The maximum Gasteiger partial charge on any atom is 0.0716 e. The van der Waals surface area contributed by atoms with Crippen LogP contribution in [-0.2, 0) is 11.3 Å². The van der Waals surface area contributed by atoms with Gasteiger partial charge in [0, 0.05) is 17.1 Å². The molecule has 19 heavy (non-hydrogen) atoms. The first kappa shape index (κ1) is 15.0. The van der Waals surface area contributed by atoms with E-state index in [0.717, 1.165) is 23.7 Å². The molecule has 0 atom stereocenters. The molecule has 0 heterocycles. The first-order valence-electron chi connectivity index (χ1n) is 7.40. The predicted molar refractivity (Wildman–Crippen MR) is 83.3 cm³/mol. The maximum absolute atomic E-state index is 5.68. The number of nitrogens with one attached hydrogen (secondary N) is 1. The quantitative estimate of drug-likeness (QED) is 0.648. The van der Waals surface area contributed by atoms with Gasteiger partial charge in [0.1, 0.15) is 0 Å². The first-order valence-corrected chi connectivity index (χ1v) is 8.19. The van der Waals surface area contributed by atoms with E-state index < -0.39 is 0 Å². The van der Waals surface area contributed by atoms with Crippen molar-refractivity contribution in [1.29, 1.82) is 0 Å². The second kappa shape index (κ2) is 8.72. The zero-order valence-electron chi connectivity index (χ0n) is 11.5. The van der Waals surface area contributed by atoms with E-state index in [1.54, 1.807) is 0 Å². The molecule has 1 aliphatic carbocycles. The summed E-state index contributed by atoms with van der Waals surface area (Å²) in [6.07, 6.45) is 7.88. The summed E-state index contributed by atoms with van der Waals surface area (Å²) in [5, 5.41) is 3.55. The monoisotopic (exact) mass is 325 g/mol. The molecule has 1 fully saturated rings. The highest BCUT2D eigenvalue weighted by Gasteiger charge is 2.19. The minimum Gasteiger partial charge on any atom is -0.377 e. The summed E-state index contributed by atoms with van der Waals surface area (Å²) in [6, 6.07) is 9.19. The lowest BCUT2D eigenvalue weighted by molar-refractivity contribution is 0.116. The summed E-state index contributed by atoms with van der Waals surface area (Å²) in [6.45, 7) is 2.81. The summed E-state index contributed by atoms with van der Waals surface area (Å²) in [4.78, 5) is 0. The minimum atomic E-state index is 0.733. The molecular weight excluding hydrogens is 302 g/mol. The predicted octanol–water partition coefficient (Wildman–Crippen LogP) is 4.28. The van der Waals surface area contributed by atoms with Gasteiger partial charge in [-0.1, -0.05) is 40.9 Å². The van der Waals surface area contributed by atoms with Crippen LogP contribution < -0.4 is 5.32 Å². The number of hydrogen-bond donors (Lipinski definition) is 1. The first-order chi connectivity index (χ1) is 9.34. The highest BCUT2D eigenvalue weighted by atomic mass is 79.9. The molecule has 106 valence electrons. The fourth-order valence-electron chi connectivity index (χ4n) is 2.05. The third-order valence-corrected chi connectivity index (χ3v) is 3.94. The molecule has 1 aromatic carbocycles. The van der Waals surface area contributed by atoms with Crippen molar-refractivity contribution >= 4 is 15.9 Å². The normalized spacial score (nSPS) is 14.8. The number of hydrogen-bond acceptors (Lipinski definition) is 2. The van der Waals surface area contributed by atoms with Gasteiger partial charge >= 0.3 is 0 Å². The van der Waals surface area contributed by atoms with Crippen LogP contribution in [0.1, 0.15) is 44.1 Å². The Balaban J connectivity index is 1.38. The molecule has 0 radical (unpaired) electrons.